The van der Waals surface area contributed by atoms with Crippen LogP contribution >= 0.6 is 11.3 Å². The molecule has 34 heavy (non-hydrogen) atoms. The lowest BCUT2D eigenvalue weighted by molar-refractivity contribution is -0.116. The van der Waals surface area contributed by atoms with Crippen LogP contribution in [0.1, 0.15) is 29.9 Å². The Hall–Kier alpha value is -4.36. The Bertz CT molecular complexity index is 1290. The summed E-state index contributed by atoms with van der Waals surface area (Å²) in [6.07, 6.45) is 1.27. The number of hydrogen-bond acceptors (Lipinski definition) is 7. The third-order valence-electron chi connectivity index (χ3n) is 4.42. The highest BCUT2D eigenvalue weighted by Crippen LogP contribution is 2.31. The van der Waals surface area contributed by atoms with E-state index in [0.29, 0.717) is 11.3 Å². The van der Waals surface area contributed by atoms with Crippen LogP contribution in [0, 0.1) is 17.1 Å². The third-order valence-corrected chi connectivity index (χ3v) is 5.26. The highest BCUT2D eigenvalue weighted by molar-refractivity contribution is 7.14. The predicted octanol–water partition coefficient (Wildman–Crippen LogP) is 4.69. The molecule has 0 aliphatic heterocycles. The number of hydrogen-bond donors (Lipinski definition) is 1. The molecule has 172 valence electrons. The number of nitriles is 1. The highest BCUT2D eigenvalue weighted by atomic mass is 32.1. The van der Waals surface area contributed by atoms with Crippen molar-refractivity contribution in [1.29, 1.82) is 5.26 Å². The number of carbonyl (C=O) groups excluding carboxylic acids is 3. The predicted molar refractivity (Wildman–Crippen MR) is 126 cm³/mol. The van der Waals surface area contributed by atoms with Crippen LogP contribution in [0.4, 0.5) is 20.9 Å². The molecule has 3 rings (SSSR count). The zero-order valence-corrected chi connectivity index (χ0v) is 19.1. The molecule has 1 heterocycles. The van der Waals surface area contributed by atoms with Gasteiger partial charge in [0, 0.05) is 18.0 Å². The molecule has 0 bridgehead atoms. The van der Waals surface area contributed by atoms with Gasteiger partial charge in [0.15, 0.2) is 5.13 Å². The summed E-state index contributed by atoms with van der Waals surface area (Å²) >= 11 is 1.06. The molecule has 10 heteroatoms. The first-order valence-corrected chi connectivity index (χ1v) is 10.9. The van der Waals surface area contributed by atoms with Crippen molar-refractivity contribution in [2.45, 2.75) is 13.8 Å². The zero-order valence-electron chi connectivity index (χ0n) is 18.2. The lowest BCUT2D eigenvalue weighted by Crippen LogP contribution is -2.23. The van der Waals surface area contributed by atoms with E-state index >= 15 is 0 Å². The minimum absolute atomic E-state index is 0.0457. The van der Waals surface area contributed by atoms with Crippen LogP contribution < -0.4 is 10.2 Å². The zero-order chi connectivity index (χ0) is 24.7. The van der Waals surface area contributed by atoms with Crippen molar-refractivity contribution in [2.75, 3.05) is 16.8 Å². The first kappa shape index (κ1) is 24.3. The number of amides is 2. The van der Waals surface area contributed by atoms with Gasteiger partial charge < -0.3 is 10.1 Å². The second-order valence-corrected chi connectivity index (χ2v) is 7.62. The van der Waals surface area contributed by atoms with E-state index in [0.717, 1.165) is 16.2 Å². The Morgan fingerprint density at radius 3 is 2.53 bits per heavy atom. The van der Waals surface area contributed by atoms with Gasteiger partial charge in [0.25, 0.3) is 5.91 Å². The molecule has 2 amide bonds. The van der Waals surface area contributed by atoms with E-state index in [1.165, 1.54) is 55.5 Å². The maximum Gasteiger partial charge on any atom is 0.338 e. The van der Waals surface area contributed by atoms with Gasteiger partial charge in [0.05, 0.1) is 23.6 Å². The van der Waals surface area contributed by atoms with E-state index < -0.39 is 23.6 Å². The minimum Gasteiger partial charge on any atom is -0.462 e. The van der Waals surface area contributed by atoms with Crippen LogP contribution in [0.15, 0.2) is 59.5 Å². The Morgan fingerprint density at radius 1 is 1.21 bits per heavy atom. The molecular weight excluding hydrogens is 459 g/mol. The van der Waals surface area contributed by atoms with Crippen molar-refractivity contribution in [3.05, 3.63) is 76.6 Å². The molecule has 0 atom stereocenters. The van der Waals surface area contributed by atoms with Crippen molar-refractivity contribution >= 4 is 51.7 Å². The molecule has 0 spiro atoms. The summed E-state index contributed by atoms with van der Waals surface area (Å²) in [7, 11) is 0. The molecule has 0 saturated heterocycles. The number of nitrogens with zero attached hydrogens (tertiary/aromatic N) is 3. The van der Waals surface area contributed by atoms with E-state index in [-0.39, 0.29) is 28.7 Å². The average Bonchev–Trinajstić information content (AvgIpc) is 3.27. The van der Waals surface area contributed by atoms with Crippen LogP contribution in [0.25, 0.3) is 6.08 Å². The lowest BCUT2D eigenvalue weighted by atomic mass is 10.2. The lowest BCUT2D eigenvalue weighted by Gasteiger charge is -2.18. The Kier molecular flexibility index (Phi) is 7.84. The van der Waals surface area contributed by atoms with E-state index in [1.807, 2.05) is 6.07 Å². The number of aromatic nitrogens is 1. The summed E-state index contributed by atoms with van der Waals surface area (Å²) in [5, 5.41) is 13.8. The second-order valence-electron chi connectivity index (χ2n) is 6.78. The number of para-hydroxylation sites is 1. The Labute approximate surface area is 198 Å². The fourth-order valence-corrected chi connectivity index (χ4v) is 3.72. The number of benzene rings is 2. The van der Waals surface area contributed by atoms with Gasteiger partial charge in [-0.15, -0.1) is 11.3 Å². The molecule has 0 aliphatic carbocycles. The summed E-state index contributed by atoms with van der Waals surface area (Å²) in [6.45, 7) is 3.23. The normalized spacial score (nSPS) is 10.8. The molecule has 1 aromatic heterocycles. The van der Waals surface area contributed by atoms with Gasteiger partial charge in [-0.1, -0.05) is 12.1 Å². The molecular formula is C24H19FN4O4S. The molecule has 8 nitrogen and oxygen atoms in total. The maximum absolute atomic E-state index is 14.2. The summed E-state index contributed by atoms with van der Waals surface area (Å²) in [5.74, 6) is -2.19. The second kappa shape index (κ2) is 11.0. The highest BCUT2D eigenvalue weighted by Gasteiger charge is 2.21. The monoisotopic (exact) mass is 478 g/mol. The van der Waals surface area contributed by atoms with Crippen molar-refractivity contribution < 1.29 is 23.5 Å². The SMILES string of the molecule is CCOC(=O)c1ccc(NC(=O)/C(C#N)=C/c2csc(N(C(C)=O)c3ccccc3F)n2)cc1. The minimum atomic E-state index is -0.682. The maximum atomic E-state index is 14.2. The number of ether oxygens (including phenoxy) is 1. The number of anilines is 3. The standard InChI is InChI=1S/C24H19FN4O4S/c1-3-33-23(32)16-8-10-18(11-9-16)27-22(31)17(13-26)12-19-14-34-24(28-19)29(15(2)30)21-7-5-4-6-20(21)25/h4-12,14H,3H2,1-2H3,(H,27,31)/b17-12+. The number of nitrogens with one attached hydrogen (secondary N) is 1. The molecule has 0 fully saturated rings. The average molecular weight is 479 g/mol. The first-order valence-electron chi connectivity index (χ1n) is 10.0. The van der Waals surface area contributed by atoms with E-state index in [9.17, 15) is 24.0 Å². The van der Waals surface area contributed by atoms with Gasteiger partial charge in [-0.25, -0.2) is 14.2 Å². The van der Waals surface area contributed by atoms with E-state index in [2.05, 4.69) is 10.3 Å². The number of esters is 1. The fourth-order valence-electron chi connectivity index (χ4n) is 2.88. The fraction of sp³-hybridized carbons (Fsp3) is 0.125. The van der Waals surface area contributed by atoms with Crippen LogP contribution in [-0.4, -0.2) is 29.4 Å². The van der Waals surface area contributed by atoms with Gasteiger partial charge >= 0.3 is 5.97 Å². The van der Waals surface area contributed by atoms with Gasteiger partial charge in [-0.05, 0) is 49.4 Å². The number of thiazole rings is 1. The van der Waals surface area contributed by atoms with E-state index in [1.54, 1.807) is 18.4 Å². The topological polar surface area (TPSA) is 112 Å². The van der Waals surface area contributed by atoms with Crippen LogP contribution in [0.5, 0.6) is 0 Å². The molecule has 0 unspecified atom stereocenters. The quantitative estimate of drug-likeness (QED) is 0.300. The molecule has 3 aromatic rings. The van der Waals surface area contributed by atoms with Crippen molar-refractivity contribution in [2.24, 2.45) is 0 Å². The summed E-state index contributed by atoms with van der Waals surface area (Å²) < 4.78 is 19.1. The molecule has 0 radical (unpaired) electrons. The Balaban J connectivity index is 1.79. The number of halogens is 1. The largest absolute Gasteiger partial charge is 0.462 e. The van der Waals surface area contributed by atoms with Crippen molar-refractivity contribution in [3.63, 3.8) is 0 Å². The number of carbonyl (C=O) groups is 3. The first-order chi connectivity index (χ1) is 16.3. The number of rotatable bonds is 7. The van der Waals surface area contributed by atoms with Gasteiger partial charge in [-0.2, -0.15) is 5.26 Å². The summed E-state index contributed by atoms with van der Waals surface area (Å²) in [4.78, 5) is 41.8. The van der Waals surface area contributed by atoms with E-state index in [4.69, 9.17) is 4.74 Å². The van der Waals surface area contributed by atoms with Crippen LogP contribution in [0.3, 0.4) is 0 Å². The van der Waals surface area contributed by atoms with Crippen molar-refractivity contribution in [3.8, 4) is 6.07 Å². The third kappa shape index (κ3) is 5.70. The summed E-state index contributed by atoms with van der Waals surface area (Å²) in [5.41, 5.74) is 0.777. The molecule has 1 N–H and O–H groups in total. The Morgan fingerprint density at radius 2 is 1.91 bits per heavy atom. The van der Waals surface area contributed by atoms with Crippen LogP contribution in [0.2, 0.25) is 0 Å². The molecule has 2 aromatic carbocycles. The molecule has 0 aliphatic rings. The van der Waals surface area contributed by atoms with Crippen molar-refractivity contribution in [1.82, 2.24) is 4.98 Å². The smallest absolute Gasteiger partial charge is 0.338 e. The summed E-state index contributed by atoms with van der Waals surface area (Å²) in [6, 6.07) is 13.6. The van der Waals surface area contributed by atoms with Gasteiger partial charge in [0.2, 0.25) is 5.91 Å². The molecule has 0 saturated carbocycles. The van der Waals surface area contributed by atoms with Gasteiger partial charge in [0.1, 0.15) is 17.5 Å². The van der Waals surface area contributed by atoms with Gasteiger partial charge in [-0.3, -0.25) is 14.5 Å². The van der Waals surface area contributed by atoms with Crippen LogP contribution in [-0.2, 0) is 14.3 Å².